The van der Waals surface area contributed by atoms with Gasteiger partial charge in [0.2, 0.25) is 11.8 Å². The smallest absolute Gasteiger partial charge is 0.326 e. The molecule has 2 atom stereocenters. The largest absolute Gasteiger partial charge is 0.354 e. The number of nitrogens with one attached hydrogen (secondary N) is 2. The number of urea groups is 1. The van der Waals surface area contributed by atoms with Gasteiger partial charge in [0, 0.05) is 12.6 Å². The molecule has 0 spiro atoms. The molecule has 0 unspecified atom stereocenters. The molecule has 1 aliphatic rings. The van der Waals surface area contributed by atoms with Crippen LogP contribution in [0.15, 0.2) is 24.3 Å². The Morgan fingerprint density at radius 2 is 1.78 bits per heavy atom. The minimum absolute atomic E-state index is 0.195. The molecule has 1 aromatic rings. The summed E-state index contributed by atoms with van der Waals surface area (Å²) in [6.07, 6.45) is 2.78. The number of imide groups is 1. The van der Waals surface area contributed by atoms with Crippen molar-refractivity contribution in [3.05, 3.63) is 35.4 Å². The molecule has 0 radical (unpaired) electrons. The molecular weight excluding hydrogens is 456 g/mol. The monoisotopic (exact) mass is 502 g/mol. The first kappa shape index (κ1) is 29.8. The van der Waals surface area contributed by atoms with Crippen LogP contribution in [0.5, 0.6) is 0 Å². The van der Waals surface area contributed by atoms with Crippen LogP contribution in [0.3, 0.4) is 0 Å². The summed E-state index contributed by atoms with van der Waals surface area (Å²) in [7, 11) is 2.06. The highest BCUT2D eigenvalue weighted by molar-refractivity contribution is 6.03. The van der Waals surface area contributed by atoms with E-state index in [0.717, 1.165) is 41.8 Å². The summed E-state index contributed by atoms with van der Waals surface area (Å²) in [6.45, 7) is 13.4. The predicted molar refractivity (Wildman–Crippen MR) is 142 cm³/mol. The second-order valence-corrected chi connectivity index (χ2v) is 10.2. The van der Waals surface area contributed by atoms with Gasteiger partial charge in [-0.3, -0.25) is 9.59 Å². The fourth-order valence-corrected chi connectivity index (χ4v) is 4.62. The first-order valence-electron chi connectivity index (χ1n) is 13.4. The van der Waals surface area contributed by atoms with Crippen LogP contribution in [0.25, 0.3) is 0 Å². The first-order chi connectivity index (χ1) is 17.1. The summed E-state index contributed by atoms with van der Waals surface area (Å²) in [5, 5.41) is 5.91. The number of carbonyl (C=O) groups excluding carboxylic acids is 3. The Balaban J connectivity index is 2.02. The average Bonchev–Trinajstić information content (AvgIpc) is 2.85. The Bertz CT molecular complexity index is 867. The van der Waals surface area contributed by atoms with E-state index >= 15 is 0 Å². The molecule has 1 fully saturated rings. The maximum absolute atomic E-state index is 13.3. The molecule has 1 aliphatic heterocycles. The molecule has 8 heteroatoms. The summed E-state index contributed by atoms with van der Waals surface area (Å²) < 4.78 is 5.94. The van der Waals surface area contributed by atoms with Gasteiger partial charge in [-0.15, -0.1) is 0 Å². The molecule has 2 N–H and O–H groups in total. The van der Waals surface area contributed by atoms with Crippen LogP contribution in [0.2, 0.25) is 0 Å². The molecule has 2 rings (SSSR count). The second-order valence-electron chi connectivity index (χ2n) is 10.2. The molecule has 0 aromatic heterocycles. The van der Waals surface area contributed by atoms with Crippen molar-refractivity contribution < 1.29 is 19.1 Å². The fourth-order valence-electron chi connectivity index (χ4n) is 4.62. The van der Waals surface area contributed by atoms with E-state index < -0.39 is 17.7 Å². The maximum atomic E-state index is 13.3. The van der Waals surface area contributed by atoms with E-state index in [1.807, 2.05) is 45.0 Å². The van der Waals surface area contributed by atoms with Crippen molar-refractivity contribution in [1.29, 1.82) is 0 Å². The molecule has 36 heavy (non-hydrogen) atoms. The number of rotatable bonds is 14. The molecule has 1 heterocycles. The van der Waals surface area contributed by atoms with E-state index in [2.05, 4.69) is 43.4 Å². The lowest BCUT2D eigenvalue weighted by Crippen LogP contribution is -2.72. The molecule has 202 valence electrons. The minimum Gasteiger partial charge on any atom is -0.354 e. The highest BCUT2D eigenvalue weighted by atomic mass is 16.5. The fraction of sp³-hybridized carbons (Fsp3) is 0.679. The van der Waals surface area contributed by atoms with Crippen LogP contribution in [-0.4, -0.2) is 66.7 Å². The van der Waals surface area contributed by atoms with Crippen molar-refractivity contribution in [3.8, 4) is 0 Å². The third kappa shape index (κ3) is 7.07. The second kappa shape index (κ2) is 13.7. The zero-order chi connectivity index (χ0) is 26.9. The van der Waals surface area contributed by atoms with E-state index in [9.17, 15) is 14.4 Å². The van der Waals surface area contributed by atoms with Gasteiger partial charge in [-0.1, -0.05) is 57.0 Å². The molecule has 1 saturated heterocycles. The lowest BCUT2D eigenvalue weighted by Gasteiger charge is -2.53. The minimum atomic E-state index is -0.790. The van der Waals surface area contributed by atoms with E-state index in [4.69, 9.17) is 4.74 Å². The maximum Gasteiger partial charge on any atom is 0.326 e. The third-order valence-corrected chi connectivity index (χ3v) is 7.45. The van der Waals surface area contributed by atoms with Gasteiger partial charge in [0.05, 0.1) is 11.5 Å². The Morgan fingerprint density at radius 1 is 1.14 bits per heavy atom. The topological polar surface area (TPSA) is 91.0 Å². The molecule has 0 saturated carbocycles. The summed E-state index contributed by atoms with van der Waals surface area (Å²) >= 11 is 0. The molecule has 0 bridgehead atoms. The van der Waals surface area contributed by atoms with Gasteiger partial charge in [-0.2, -0.15) is 0 Å². The number of aryl methyl sites for hydroxylation is 1. The highest BCUT2D eigenvalue weighted by Gasteiger charge is 2.62. The number of hydrogen-bond acceptors (Lipinski definition) is 5. The number of likely N-dealkylation sites (tertiary alicyclic amines) is 1. The van der Waals surface area contributed by atoms with Crippen LogP contribution in [-0.2, 0) is 14.3 Å². The van der Waals surface area contributed by atoms with Crippen molar-refractivity contribution in [2.45, 2.75) is 92.0 Å². The lowest BCUT2D eigenvalue weighted by molar-refractivity contribution is -0.210. The highest BCUT2D eigenvalue weighted by Crippen LogP contribution is 2.46. The van der Waals surface area contributed by atoms with Gasteiger partial charge >= 0.3 is 6.03 Å². The van der Waals surface area contributed by atoms with Gasteiger partial charge in [-0.25, -0.2) is 9.69 Å². The van der Waals surface area contributed by atoms with Gasteiger partial charge in [0.25, 0.3) is 0 Å². The zero-order valence-electron chi connectivity index (χ0n) is 23.2. The van der Waals surface area contributed by atoms with Crippen molar-refractivity contribution in [3.63, 3.8) is 0 Å². The number of benzene rings is 1. The molecule has 4 amide bonds. The van der Waals surface area contributed by atoms with E-state index in [-0.39, 0.29) is 24.5 Å². The van der Waals surface area contributed by atoms with Crippen molar-refractivity contribution in [1.82, 2.24) is 20.4 Å². The first-order valence-corrected chi connectivity index (χ1v) is 13.4. The van der Waals surface area contributed by atoms with E-state index in [1.54, 1.807) is 0 Å². The number of amides is 4. The van der Waals surface area contributed by atoms with Gasteiger partial charge in [0.15, 0.2) is 6.23 Å². The Hall–Kier alpha value is -2.45. The Labute approximate surface area is 217 Å². The van der Waals surface area contributed by atoms with Crippen LogP contribution in [0.1, 0.15) is 83.9 Å². The molecule has 0 aliphatic carbocycles. The van der Waals surface area contributed by atoms with Crippen molar-refractivity contribution in [2.75, 3.05) is 26.7 Å². The average molecular weight is 503 g/mol. The summed E-state index contributed by atoms with van der Waals surface area (Å²) in [6, 6.07) is 7.82. The Morgan fingerprint density at radius 3 is 2.33 bits per heavy atom. The number of nitrogens with zero attached hydrogens (tertiary/aromatic N) is 2. The predicted octanol–water partition coefficient (Wildman–Crippen LogP) is 4.38. The number of ether oxygens (including phenoxy) is 1. The number of hydrogen-bond donors (Lipinski definition) is 2. The lowest BCUT2D eigenvalue weighted by atomic mass is 9.72. The van der Waals surface area contributed by atoms with E-state index in [1.165, 1.54) is 0 Å². The molecular formula is C28H46N4O4. The quantitative estimate of drug-likeness (QED) is 0.291. The summed E-state index contributed by atoms with van der Waals surface area (Å²) in [5.74, 6) is -0.488. The van der Waals surface area contributed by atoms with Crippen molar-refractivity contribution in [2.24, 2.45) is 5.41 Å². The van der Waals surface area contributed by atoms with Crippen molar-refractivity contribution >= 4 is 17.8 Å². The summed E-state index contributed by atoms with van der Waals surface area (Å²) in [4.78, 5) is 42.3. The number of β-lactam (4-membered cyclic amide) rings is 1. The van der Waals surface area contributed by atoms with Crippen LogP contribution >= 0.6 is 0 Å². The van der Waals surface area contributed by atoms with Crippen LogP contribution < -0.4 is 10.6 Å². The van der Waals surface area contributed by atoms with Crippen LogP contribution in [0.4, 0.5) is 4.79 Å². The number of carbonyl (C=O) groups is 3. The Kier molecular flexibility index (Phi) is 11.4. The van der Waals surface area contributed by atoms with E-state index in [0.29, 0.717) is 25.4 Å². The normalized spacial score (nSPS) is 17.8. The molecule has 1 aromatic carbocycles. The summed E-state index contributed by atoms with van der Waals surface area (Å²) in [5.41, 5.74) is 1.36. The zero-order valence-corrected chi connectivity index (χ0v) is 23.2. The standard InChI is InChI=1S/C28H46N4O4/c1-8-12-23(22-15-13-21(6)14-16-22)30-27(35)32-25(34)28(9-2,10-3)26(32)36-19-24(33)29-17-11-18-31(7)20(4)5/h13-16,20,23,26H,8-12,17-19H2,1-7H3,(H,29,33)(H,30,35)/t23-,26+/m1/s1. The van der Waals surface area contributed by atoms with Gasteiger partial charge in [0.1, 0.15) is 6.61 Å². The SMILES string of the molecule is CCC[C@@H](NC(=O)N1C(=O)C(CC)(CC)[C@@H]1OCC(=O)NCCCN(C)C(C)C)c1ccc(C)cc1. The van der Waals surface area contributed by atoms with Gasteiger partial charge < -0.3 is 20.3 Å². The van der Waals surface area contributed by atoms with Gasteiger partial charge in [-0.05, 0) is 65.6 Å². The molecule has 8 nitrogen and oxygen atoms in total. The van der Waals surface area contributed by atoms with Crippen LogP contribution in [0, 0.1) is 12.3 Å². The third-order valence-electron chi connectivity index (χ3n) is 7.45.